The van der Waals surface area contributed by atoms with Crippen molar-refractivity contribution in [3.8, 4) is 17.0 Å². The van der Waals surface area contributed by atoms with Crippen molar-refractivity contribution < 1.29 is 14.3 Å². The van der Waals surface area contributed by atoms with E-state index in [0.29, 0.717) is 13.1 Å². The summed E-state index contributed by atoms with van der Waals surface area (Å²) in [4.78, 5) is 14.4. The predicted molar refractivity (Wildman–Crippen MR) is 125 cm³/mol. The second kappa shape index (κ2) is 8.34. The second-order valence-electron chi connectivity index (χ2n) is 9.32. The quantitative estimate of drug-likeness (QED) is 0.527. The van der Waals surface area contributed by atoms with E-state index < -0.39 is 5.60 Å². The number of hydrogen-bond acceptors (Lipinski definition) is 4. The molecule has 168 valence electrons. The number of aromatic nitrogens is 2. The maximum atomic E-state index is 12.7. The standard InChI is InChI=1S/C26H31N3O3/c1-17-10-7-8-13-21(17)24-22-15-28(25(30)32-26(3,4)5)16-23(22)27-29(24)18(2)19-11-9-12-20(14-19)31-6/h7-14,18H,15-16H2,1-6H3. The molecule has 2 heterocycles. The van der Waals surface area contributed by atoms with Crippen LogP contribution in [0.3, 0.4) is 0 Å². The number of aryl methyl sites for hydroxylation is 1. The molecule has 3 aromatic rings. The van der Waals surface area contributed by atoms with Gasteiger partial charge in [-0.1, -0.05) is 36.4 Å². The van der Waals surface area contributed by atoms with E-state index in [1.807, 2.05) is 51.1 Å². The van der Waals surface area contributed by atoms with Gasteiger partial charge in [-0.05, 0) is 57.9 Å². The molecule has 4 rings (SSSR count). The van der Waals surface area contributed by atoms with E-state index in [1.165, 1.54) is 5.56 Å². The van der Waals surface area contributed by atoms with Crippen LogP contribution in [0.15, 0.2) is 48.5 Å². The summed E-state index contributed by atoms with van der Waals surface area (Å²) in [6.07, 6.45) is -0.307. The van der Waals surface area contributed by atoms with Crippen LogP contribution in [0.1, 0.15) is 56.1 Å². The fourth-order valence-electron chi connectivity index (χ4n) is 4.14. The molecular formula is C26H31N3O3. The Balaban J connectivity index is 1.76. The number of carbonyl (C=O) groups excluding carboxylic acids is 1. The minimum absolute atomic E-state index is 0.000262. The summed E-state index contributed by atoms with van der Waals surface area (Å²) in [5, 5.41) is 5.00. The normalized spacial score (nSPS) is 14.2. The lowest BCUT2D eigenvalue weighted by molar-refractivity contribution is 0.0239. The molecule has 32 heavy (non-hydrogen) atoms. The molecule has 0 saturated heterocycles. The molecule has 6 nitrogen and oxygen atoms in total. The Morgan fingerprint density at radius 2 is 1.84 bits per heavy atom. The lowest BCUT2D eigenvalue weighted by Crippen LogP contribution is -2.33. The molecule has 0 aliphatic carbocycles. The Morgan fingerprint density at radius 1 is 1.09 bits per heavy atom. The van der Waals surface area contributed by atoms with Crippen LogP contribution in [-0.2, 0) is 17.8 Å². The monoisotopic (exact) mass is 433 g/mol. The smallest absolute Gasteiger partial charge is 0.410 e. The molecule has 1 unspecified atom stereocenters. The van der Waals surface area contributed by atoms with Crippen LogP contribution in [0.25, 0.3) is 11.3 Å². The third-order valence-electron chi connectivity index (χ3n) is 5.78. The molecule has 2 aromatic carbocycles. The van der Waals surface area contributed by atoms with Gasteiger partial charge in [0, 0.05) is 11.1 Å². The summed E-state index contributed by atoms with van der Waals surface area (Å²) < 4.78 is 13.1. The average molecular weight is 434 g/mol. The number of rotatable bonds is 4. The SMILES string of the molecule is COc1cccc(C(C)n2nc3c(c2-c2ccccc2C)CN(C(=O)OC(C)(C)C)C3)c1. The molecular weight excluding hydrogens is 402 g/mol. The zero-order valence-corrected chi connectivity index (χ0v) is 19.7. The zero-order chi connectivity index (χ0) is 23.0. The van der Waals surface area contributed by atoms with Gasteiger partial charge in [0.25, 0.3) is 0 Å². The summed E-state index contributed by atoms with van der Waals surface area (Å²) in [6, 6.07) is 16.4. The minimum Gasteiger partial charge on any atom is -0.497 e. The molecule has 1 aromatic heterocycles. The van der Waals surface area contributed by atoms with Crippen LogP contribution in [-0.4, -0.2) is 33.5 Å². The zero-order valence-electron chi connectivity index (χ0n) is 19.7. The largest absolute Gasteiger partial charge is 0.497 e. The van der Waals surface area contributed by atoms with Gasteiger partial charge >= 0.3 is 6.09 Å². The Morgan fingerprint density at radius 3 is 2.53 bits per heavy atom. The van der Waals surface area contributed by atoms with E-state index in [-0.39, 0.29) is 12.1 Å². The summed E-state index contributed by atoms with van der Waals surface area (Å²) in [7, 11) is 1.68. The first-order valence-electron chi connectivity index (χ1n) is 11.0. The third-order valence-corrected chi connectivity index (χ3v) is 5.78. The predicted octanol–water partition coefficient (Wildman–Crippen LogP) is 5.73. The van der Waals surface area contributed by atoms with Gasteiger partial charge in [-0.15, -0.1) is 0 Å². The molecule has 1 aliphatic rings. The fourth-order valence-corrected chi connectivity index (χ4v) is 4.14. The van der Waals surface area contributed by atoms with Crippen molar-refractivity contribution in [1.82, 2.24) is 14.7 Å². The van der Waals surface area contributed by atoms with E-state index >= 15 is 0 Å². The Bertz CT molecular complexity index is 1140. The van der Waals surface area contributed by atoms with Crippen LogP contribution >= 0.6 is 0 Å². The Hall–Kier alpha value is -3.28. The Kier molecular flexibility index (Phi) is 5.71. The first-order chi connectivity index (χ1) is 15.2. The molecule has 0 fully saturated rings. The molecule has 1 atom stereocenters. The topological polar surface area (TPSA) is 56.6 Å². The first-order valence-corrected chi connectivity index (χ1v) is 11.0. The number of ether oxygens (including phenoxy) is 2. The number of benzene rings is 2. The highest BCUT2D eigenvalue weighted by Gasteiger charge is 2.34. The third kappa shape index (κ3) is 4.22. The van der Waals surface area contributed by atoms with Crippen molar-refractivity contribution in [3.05, 3.63) is 70.9 Å². The number of hydrogen-bond donors (Lipinski definition) is 0. The molecule has 6 heteroatoms. The van der Waals surface area contributed by atoms with Crippen molar-refractivity contribution in [2.24, 2.45) is 0 Å². The van der Waals surface area contributed by atoms with Crippen molar-refractivity contribution in [2.75, 3.05) is 7.11 Å². The lowest BCUT2D eigenvalue weighted by Gasteiger charge is -2.25. The Labute approximate surface area is 189 Å². The molecule has 0 bridgehead atoms. The highest BCUT2D eigenvalue weighted by molar-refractivity contribution is 5.73. The number of amides is 1. The maximum absolute atomic E-state index is 12.7. The van der Waals surface area contributed by atoms with Gasteiger partial charge in [0.05, 0.1) is 37.6 Å². The maximum Gasteiger partial charge on any atom is 0.410 e. The second-order valence-corrected chi connectivity index (χ2v) is 9.32. The highest BCUT2D eigenvalue weighted by Crippen LogP contribution is 2.38. The molecule has 1 amide bonds. The van der Waals surface area contributed by atoms with E-state index in [2.05, 4.69) is 36.7 Å². The van der Waals surface area contributed by atoms with Gasteiger partial charge < -0.3 is 9.47 Å². The van der Waals surface area contributed by atoms with Crippen LogP contribution < -0.4 is 4.74 Å². The van der Waals surface area contributed by atoms with Crippen LogP contribution in [0.2, 0.25) is 0 Å². The van der Waals surface area contributed by atoms with Gasteiger partial charge in [0.2, 0.25) is 0 Å². The van der Waals surface area contributed by atoms with Gasteiger partial charge in [0.15, 0.2) is 0 Å². The van der Waals surface area contributed by atoms with Gasteiger partial charge in [0.1, 0.15) is 11.4 Å². The first kappa shape index (κ1) is 21.9. The van der Waals surface area contributed by atoms with Crippen LogP contribution in [0.4, 0.5) is 4.79 Å². The number of fused-ring (bicyclic) bond motifs is 1. The summed E-state index contributed by atoms with van der Waals surface area (Å²) >= 11 is 0. The molecule has 1 aliphatic heterocycles. The van der Waals surface area contributed by atoms with Crippen LogP contribution in [0, 0.1) is 6.92 Å². The van der Waals surface area contributed by atoms with E-state index in [4.69, 9.17) is 14.6 Å². The van der Waals surface area contributed by atoms with Crippen LogP contribution in [0.5, 0.6) is 5.75 Å². The minimum atomic E-state index is -0.531. The van der Waals surface area contributed by atoms with E-state index in [1.54, 1.807) is 12.0 Å². The number of nitrogens with zero attached hydrogens (tertiary/aromatic N) is 3. The van der Waals surface area contributed by atoms with Crippen molar-refractivity contribution in [1.29, 1.82) is 0 Å². The molecule has 0 spiro atoms. The lowest BCUT2D eigenvalue weighted by atomic mass is 10.0. The van der Waals surface area contributed by atoms with Gasteiger partial charge in [-0.3, -0.25) is 9.58 Å². The molecule has 0 saturated carbocycles. The fraction of sp³-hybridized carbons (Fsp3) is 0.385. The summed E-state index contributed by atoms with van der Waals surface area (Å²) in [5.41, 5.74) is 5.94. The number of methoxy groups -OCH3 is 1. The van der Waals surface area contributed by atoms with Crippen molar-refractivity contribution >= 4 is 6.09 Å². The van der Waals surface area contributed by atoms with E-state index in [0.717, 1.165) is 33.8 Å². The molecule has 0 N–H and O–H groups in total. The number of carbonyl (C=O) groups is 1. The average Bonchev–Trinajstić information content (AvgIpc) is 3.31. The van der Waals surface area contributed by atoms with Crippen molar-refractivity contribution in [3.63, 3.8) is 0 Å². The van der Waals surface area contributed by atoms with Crippen molar-refractivity contribution in [2.45, 2.75) is 59.4 Å². The van der Waals surface area contributed by atoms with Gasteiger partial charge in [-0.25, -0.2) is 4.79 Å². The molecule has 0 radical (unpaired) electrons. The van der Waals surface area contributed by atoms with E-state index in [9.17, 15) is 4.79 Å². The highest BCUT2D eigenvalue weighted by atomic mass is 16.6. The summed E-state index contributed by atoms with van der Waals surface area (Å²) in [6.45, 7) is 10.8. The summed E-state index contributed by atoms with van der Waals surface area (Å²) in [5.74, 6) is 0.822. The van der Waals surface area contributed by atoms with Gasteiger partial charge in [-0.2, -0.15) is 5.10 Å².